The van der Waals surface area contributed by atoms with E-state index in [1.807, 2.05) is 30.3 Å². The lowest BCUT2D eigenvalue weighted by Gasteiger charge is -2.38. The van der Waals surface area contributed by atoms with Crippen molar-refractivity contribution < 1.29 is 4.79 Å². The van der Waals surface area contributed by atoms with E-state index >= 15 is 0 Å². The van der Waals surface area contributed by atoms with Crippen molar-refractivity contribution in [1.29, 1.82) is 0 Å². The van der Waals surface area contributed by atoms with E-state index in [9.17, 15) is 9.59 Å². The molecule has 1 atom stereocenters. The Kier molecular flexibility index (Phi) is 3.54. The molecule has 3 N–H and O–H groups in total. The molecule has 2 aromatic rings. The van der Waals surface area contributed by atoms with E-state index in [0.717, 1.165) is 17.7 Å². The molecule has 0 amide bonds. The van der Waals surface area contributed by atoms with E-state index in [2.05, 4.69) is 29.1 Å². The Morgan fingerprint density at radius 1 is 1.08 bits per heavy atom. The zero-order valence-electron chi connectivity index (χ0n) is 14.1. The molecule has 1 aliphatic heterocycles. The van der Waals surface area contributed by atoms with Crippen LogP contribution in [0.15, 0.2) is 46.4 Å². The number of rotatable bonds is 1. The maximum Gasteiger partial charge on any atom is 0.257 e. The number of hydrogen-bond donors (Lipinski definition) is 3. The van der Waals surface area contributed by atoms with Crippen LogP contribution < -0.4 is 10.9 Å². The van der Waals surface area contributed by atoms with Gasteiger partial charge in [0, 0.05) is 23.6 Å². The molecule has 0 fully saturated rings. The van der Waals surface area contributed by atoms with Crippen molar-refractivity contribution in [3.8, 4) is 0 Å². The summed E-state index contributed by atoms with van der Waals surface area (Å²) in [4.78, 5) is 31.3. The van der Waals surface area contributed by atoms with E-state index < -0.39 is 0 Å². The zero-order chi connectivity index (χ0) is 17.8. The van der Waals surface area contributed by atoms with Crippen LogP contribution in [0, 0.1) is 10.2 Å². The van der Waals surface area contributed by atoms with Crippen molar-refractivity contribution in [2.45, 2.75) is 32.6 Å². The van der Waals surface area contributed by atoms with Gasteiger partial charge >= 0.3 is 0 Å². The van der Waals surface area contributed by atoms with Crippen molar-refractivity contribution >= 4 is 23.8 Å². The average Bonchev–Trinajstić information content (AvgIpc) is 2.52. The number of ketones is 1. The number of aromatic nitrogens is 2. The van der Waals surface area contributed by atoms with Crippen molar-refractivity contribution in [1.82, 2.24) is 9.97 Å². The van der Waals surface area contributed by atoms with Gasteiger partial charge in [-0.15, -0.1) is 0 Å². The van der Waals surface area contributed by atoms with E-state index in [4.69, 9.17) is 12.2 Å². The SMILES string of the molecule is CC1(C)CC(=O)C2=C(C1)Nc1[nH]c(=S)[nH]c(=O)c1[C@@H]2c1ccccc1. The van der Waals surface area contributed by atoms with E-state index in [1.165, 1.54) is 0 Å². The number of allylic oxidation sites excluding steroid dienone is 2. The minimum Gasteiger partial charge on any atom is -0.344 e. The molecule has 0 bridgehead atoms. The first kappa shape index (κ1) is 16.0. The normalized spacial score (nSPS) is 21.4. The standard InChI is InChI=1S/C19H19N3O2S/c1-19(2)8-11-14(12(23)9-19)13(10-6-4-3-5-7-10)15-16(20-11)21-18(25)22-17(15)24/h3-7,13H,8-9H2,1-2H3,(H3,20,21,22,24,25)/t13-/m1/s1. The van der Waals surface area contributed by atoms with Crippen LogP contribution in [0.3, 0.4) is 0 Å². The van der Waals surface area contributed by atoms with Gasteiger partial charge in [-0.2, -0.15) is 0 Å². The van der Waals surface area contributed by atoms with Gasteiger partial charge in [0.05, 0.1) is 5.56 Å². The molecule has 6 heteroatoms. The lowest BCUT2D eigenvalue weighted by molar-refractivity contribution is -0.118. The van der Waals surface area contributed by atoms with Crippen LogP contribution >= 0.6 is 12.2 Å². The number of hydrogen-bond acceptors (Lipinski definition) is 4. The van der Waals surface area contributed by atoms with Gasteiger partial charge in [-0.1, -0.05) is 44.2 Å². The number of nitrogens with one attached hydrogen (secondary N) is 3. The van der Waals surface area contributed by atoms with Crippen LogP contribution in [0.4, 0.5) is 5.82 Å². The van der Waals surface area contributed by atoms with Gasteiger partial charge in [-0.3, -0.25) is 14.6 Å². The first-order chi connectivity index (χ1) is 11.9. The van der Waals surface area contributed by atoms with Crippen LogP contribution in [-0.4, -0.2) is 15.8 Å². The third-order valence-electron chi connectivity index (χ3n) is 4.89. The number of anilines is 1. The summed E-state index contributed by atoms with van der Waals surface area (Å²) in [7, 11) is 0. The zero-order valence-corrected chi connectivity index (χ0v) is 14.9. The van der Waals surface area contributed by atoms with Crippen molar-refractivity contribution in [2.75, 3.05) is 5.32 Å². The summed E-state index contributed by atoms with van der Waals surface area (Å²) in [6, 6.07) is 9.69. The number of carbonyl (C=O) groups is 1. The fraction of sp³-hybridized carbons (Fsp3) is 0.316. The molecule has 5 nitrogen and oxygen atoms in total. The summed E-state index contributed by atoms with van der Waals surface area (Å²) in [5.41, 5.74) is 2.67. The molecular formula is C19H19N3O2S. The second-order valence-corrected chi connectivity index (χ2v) is 7.91. The first-order valence-corrected chi connectivity index (χ1v) is 8.71. The lowest BCUT2D eigenvalue weighted by atomic mass is 9.69. The number of carbonyl (C=O) groups excluding carboxylic acids is 1. The number of aromatic amines is 2. The van der Waals surface area contributed by atoms with Gasteiger partial charge < -0.3 is 10.3 Å². The van der Waals surface area contributed by atoms with Gasteiger partial charge in [-0.25, -0.2) is 0 Å². The molecule has 0 spiro atoms. The minimum atomic E-state index is -0.383. The highest BCUT2D eigenvalue weighted by Gasteiger charge is 2.41. The summed E-state index contributed by atoms with van der Waals surface area (Å²) in [5.74, 6) is 0.304. The summed E-state index contributed by atoms with van der Waals surface area (Å²) < 4.78 is 0.272. The molecule has 0 radical (unpaired) electrons. The molecule has 0 unspecified atom stereocenters. The largest absolute Gasteiger partial charge is 0.344 e. The summed E-state index contributed by atoms with van der Waals surface area (Å²) >= 11 is 5.12. The van der Waals surface area contributed by atoms with Gasteiger partial charge in [-0.05, 0) is 29.6 Å². The number of H-pyrrole nitrogens is 2. The van der Waals surface area contributed by atoms with Gasteiger partial charge in [0.15, 0.2) is 10.6 Å². The topological polar surface area (TPSA) is 77.8 Å². The molecule has 2 heterocycles. The van der Waals surface area contributed by atoms with E-state index in [0.29, 0.717) is 23.4 Å². The molecule has 0 saturated heterocycles. The predicted octanol–water partition coefficient (Wildman–Crippen LogP) is 3.63. The predicted molar refractivity (Wildman–Crippen MR) is 99.2 cm³/mol. The quantitative estimate of drug-likeness (QED) is 0.684. The second-order valence-electron chi connectivity index (χ2n) is 7.50. The van der Waals surface area contributed by atoms with Crippen LogP contribution in [0.1, 0.15) is 43.7 Å². The molecule has 1 aromatic heterocycles. The van der Waals surface area contributed by atoms with Crippen molar-refractivity contribution in [3.63, 3.8) is 0 Å². The second kappa shape index (κ2) is 5.52. The Bertz CT molecular complexity index is 1010. The maximum atomic E-state index is 13.0. The highest BCUT2D eigenvalue weighted by Crippen LogP contribution is 2.47. The molecule has 1 aliphatic carbocycles. The highest BCUT2D eigenvalue weighted by molar-refractivity contribution is 7.71. The number of fused-ring (bicyclic) bond motifs is 1. The summed E-state index contributed by atoms with van der Waals surface area (Å²) in [6.07, 6.45) is 1.23. The molecule has 4 rings (SSSR count). The first-order valence-electron chi connectivity index (χ1n) is 8.30. The van der Waals surface area contributed by atoms with Gasteiger partial charge in [0.2, 0.25) is 0 Å². The van der Waals surface area contributed by atoms with Crippen LogP contribution in [0.25, 0.3) is 0 Å². The third-order valence-corrected chi connectivity index (χ3v) is 5.09. The Labute approximate surface area is 150 Å². The van der Waals surface area contributed by atoms with E-state index in [1.54, 1.807) is 0 Å². The number of benzene rings is 1. The Balaban J connectivity index is 2.01. The molecule has 0 saturated carbocycles. The van der Waals surface area contributed by atoms with Crippen LogP contribution in [-0.2, 0) is 4.79 Å². The Morgan fingerprint density at radius 3 is 2.52 bits per heavy atom. The summed E-state index contributed by atoms with van der Waals surface area (Å²) in [5, 5.41) is 3.28. The smallest absolute Gasteiger partial charge is 0.257 e. The molecule has 128 valence electrons. The third kappa shape index (κ3) is 2.66. The summed E-state index contributed by atoms with van der Waals surface area (Å²) in [6.45, 7) is 4.17. The van der Waals surface area contributed by atoms with E-state index in [-0.39, 0.29) is 27.4 Å². The van der Waals surface area contributed by atoms with Gasteiger partial charge in [0.25, 0.3) is 5.56 Å². The molecule has 25 heavy (non-hydrogen) atoms. The van der Waals surface area contributed by atoms with Crippen LogP contribution in [0.2, 0.25) is 0 Å². The van der Waals surface area contributed by atoms with Crippen molar-refractivity contribution in [3.05, 3.63) is 67.9 Å². The molecule has 1 aromatic carbocycles. The Morgan fingerprint density at radius 2 is 1.80 bits per heavy atom. The molecule has 2 aliphatic rings. The minimum absolute atomic E-state index is 0.0973. The fourth-order valence-electron chi connectivity index (χ4n) is 3.93. The maximum absolute atomic E-state index is 13.0. The average molecular weight is 353 g/mol. The number of Topliss-reactive ketones (excluding diaryl/α,β-unsaturated/α-hetero) is 1. The fourth-order valence-corrected chi connectivity index (χ4v) is 4.12. The van der Waals surface area contributed by atoms with Gasteiger partial charge in [0.1, 0.15) is 5.82 Å². The molecular weight excluding hydrogens is 334 g/mol. The van der Waals surface area contributed by atoms with Crippen molar-refractivity contribution in [2.24, 2.45) is 5.41 Å². The highest BCUT2D eigenvalue weighted by atomic mass is 32.1. The lowest BCUT2D eigenvalue weighted by Crippen LogP contribution is -2.36. The Hall–Kier alpha value is -2.47. The van der Waals surface area contributed by atoms with Crippen LogP contribution in [0.5, 0.6) is 0 Å². The monoisotopic (exact) mass is 353 g/mol.